The van der Waals surface area contributed by atoms with Crippen LogP contribution in [0.2, 0.25) is 0 Å². The Bertz CT molecular complexity index is 1140. The van der Waals surface area contributed by atoms with E-state index in [1.54, 1.807) is 24.3 Å². The molecule has 136 valence electrons. The number of aliphatic imine (C=N–C) groups is 1. The van der Waals surface area contributed by atoms with Gasteiger partial charge >= 0.3 is 5.63 Å². The normalized spacial score (nSPS) is 16.0. The summed E-state index contributed by atoms with van der Waals surface area (Å²) in [7, 11) is 0. The average Bonchev–Trinajstić information content (AvgIpc) is 2.95. The molecule has 4 rings (SSSR count). The second kappa shape index (κ2) is 6.68. The van der Waals surface area contributed by atoms with Crippen LogP contribution >= 0.6 is 0 Å². The SMILES string of the molecule is O=C1Nc2ccc(F)cc2C1CCN=Cc1c(O)c2ccccc2oc1=O. The van der Waals surface area contributed by atoms with Crippen molar-refractivity contribution in [1.82, 2.24) is 0 Å². The minimum absolute atomic E-state index is 0.0454. The van der Waals surface area contributed by atoms with E-state index in [1.165, 1.54) is 24.4 Å². The Kier molecular flexibility index (Phi) is 4.19. The van der Waals surface area contributed by atoms with Gasteiger partial charge in [-0.15, -0.1) is 0 Å². The van der Waals surface area contributed by atoms with Crippen molar-refractivity contribution in [3.05, 3.63) is 69.8 Å². The molecule has 0 bridgehead atoms. The Balaban J connectivity index is 1.53. The van der Waals surface area contributed by atoms with Crippen LogP contribution in [0.1, 0.15) is 23.5 Å². The number of halogens is 1. The lowest BCUT2D eigenvalue weighted by Gasteiger charge is -2.06. The van der Waals surface area contributed by atoms with E-state index in [2.05, 4.69) is 10.3 Å². The van der Waals surface area contributed by atoms with Crippen molar-refractivity contribution in [1.29, 1.82) is 0 Å². The van der Waals surface area contributed by atoms with Crippen molar-refractivity contribution in [3.8, 4) is 5.75 Å². The summed E-state index contributed by atoms with van der Waals surface area (Å²) in [6.45, 7) is 0.222. The Morgan fingerprint density at radius 3 is 2.89 bits per heavy atom. The molecule has 27 heavy (non-hydrogen) atoms. The molecule has 0 saturated heterocycles. The lowest BCUT2D eigenvalue weighted by atomic mass is 9.97. The van der Waals surface area contributed by atoms with Gasteiger partial charge in [0.1, 0.15) is 22.7 Å². The second-order valence-corrected chi connectivity index (χ2v) is 6.25. The van der Waals surface area contributed by atoms with E-state index in [0.29, 0.717) is 28.6 Å². The van der Waals surface area contributed by atoms with Crippen LogP contribution < -0.4 is 10.9 Å². The number of nitrogens with zero attached hydrogens (tertiary/aromatic N) is 1. The highest BCUT2D eigenvalue weighted by Gasteiger charge is 2.30. The number of rotatable bonds is 4. The number of anilines is 1. The maximum Gasteiger partial charge on any atom is 0.348 e. The second-order valence-electron chi connectivity index (χ2n) is 6.25. The standard InChI is InChI=1S/C20H15FN2O4/c21-11-5-6-16-14(9-11)12(19(25)23-16)7-8-22-10-15-18(24)13-3-1-2-4-17(13)27-20(15)26/h1-6,9-10,12,24H,7-8H2,(H,23,25). The van der Waals surface area contributed by atoms with Crippen LogP contribution in [0.5, 0.6) is 5.75 Å². The minimum Gasteiger partial charge on any atom is -0.506 e. The monoisotopic (exact) mass is 366 g/mol. The molecule has 2 aromatic carbocycles. The number of carbonyl (C=O) groups excluding carboxylic acids is 1. The highest BCUT2D eigenvalue weighted by Crippen LogP contribution is 2.35. The number of nitrogens with one attached hydrogen (secondary N) is 1. The van der Waals surface area contributed by atoms with Crippen molar-refractivity contribution in [2.45, 2.75) is 12.3 Å². The van der Waals surface area contributed by atoms with Gasteiger partial charge in [-0.1, -0.05) is 12.1 Å². The fourth-order valence-electron chi connectivity index (χ4n) is 3.20. The summed E-state index contributed by atoms with van der Waals surface area (Å²) >= 11 is 0. The molecule has 0 aliphatic carbocycles. The highest BCUT2D eigenvalue weighted by molar-refractivity contribution is 6.02. The topological polar surface area (TPSA) is 91.9 Å². The van der Waals surface area contributed by atoms with Crippen molar-refractivity contribution < 1.29 is 18.7 Å². The molecule has 0 fully saturated rings. The lowest BCUT2D eigenvalue weighted by Crippen LogP contribution is -2.13. The van der Waals surface area contributed by atoms with E-state index in [1.807, 2.05) is 0 Å². The van der Waals surface area contributed by atoms with E-state index in [4.69, 9.17) is 4.42 Å². The first-order chi connectivity index (χ1) is 13.0. The van der Waals surface area contributed by atoms with Gasteiger partial charge in [0.2, 0.25) is 5.91 Å². The van der Waals surface area contributed by atoms with E-state index in [0.717, 1.165) is 0 Å². The Labute approximate surface area is 153 Å². The van der Waals surface area contributed by atoms with Crippen molar-refractivity contribution >= 4 is 28.8 Å². The van der Waals surface area contributed by atoms with Crippen LogP contribution in [0.15, 0.2) is 56.7 Å². The molecule has 1 unspecified atom stereocenters. The van der Waals surface area contributed by atoms with Gasteiger partial charge in [0.05, 0.1) is 11.3 Å². The summed E-state index contributed by atoms with van der Waals surface area (Å²) in [5, 5.41) is 13.4. The van der Waals surface area contributed by atoms with Crippen molar-refractivity contribution in [3.63, 3.8) is 0 Å². The molecule has 2 heterocycles. The third-order valence-electron chi connectivity index (χ3n) is 4.55. The Morgan fingerprint density at radius 2 is 2.04 bits per heavy atom. The van der Waals surface area contributed by atoms with Gasteiger partial charge in [-0.05, 0) is 42.3 Å². The Morgan fingerprint density at radius 1 is 1.22 bits per heavy atom. The Hall–Kier alpha value is -3.48. The average molecular weight is 366 g/mol. The first-order valence-corrected chi connectivity index (χ1v) is 8.39. The van der Waals surface area contributed by atoms with Gasteiger partial charge in [-0.25, -0.2) is 9.18 Å². The number of aromatic hydroxyl groups is 1. The summed E-state index contributed by atoms with van der Waals surface area (Å²) in [6.07, 6.45) is 1.59. The zero-order chi connectivity index (χ0) is 19.0. The van der Waals surface area contributed by atoms with E-state index < -0.39 is 17.4 Å². The quantitative estimate of drug-likeness (QED) is 0.548. The van der Waals surface area contributed by atoms with Crippen LogP contribution in [0.25, 0.3) is 11.0 Å². The smallest absolute Gasteiger partial charge is 0.348 e. The molecule has 1 aromatic heterocycles. The van der Waals surface area contributed by atoms with Gasteiger partial charge in [0.15, 0.2) is 0 Å². The predicted molar refractivity (Wildman–Crippen MR) is 99.0 cm³/mol. The van der Waals surface area contributed by atoms with E-state index in [-0.39, 0.29) is 23.8 Å². The number of hydrogen-bond acceptors (Lipinski definition) is 5. The molecule has 0 spiro atoms. The molecular formula is C20H15FN2O4. The molecule has 1 atom stereocenters. The summed E-state index contributed by atoms with van der Waals surface area (Å²) in [4.78, 5) is 28.2. The third-order valence-corrected chi connectivity index (χ3v) is 4.55. The third kappa shape index (κ3) is 3.08. The van der Waals surface area contributed by atoms with Crippen LogP contribution in [0.4, 0.5) is 10.1 Å². The van der Waals surface area contributed by atoms with Gasteiger partial charge < -0.3 is 14.8 Å². The van der Waals surface area contributed by atoms with Crippen LogP contribution in [0.3, 0.4) is 0 Å². The van der Waals surface area contributed by atoms with Gasteiger partial charge in [0.25, 0.3) is 0 Å². The zero-order valence-electron chi connectivity index (χ0n) is 14.1. The molecule has 7 heteroatoms. The summed E-state index contributed by atoms with van der Waals surface area (Å²) < 4.78 is 18.6. The minimum atomic E-state index is -0.694. The molecule has 2 N–H and O–H groups in total. The van der Waals surface area contributed by atoms with Gasteiger partial charge in [-0.2, -0.15) is 0 Å². The zero-order valence-corrected chi connectivity index (χ0v) is 14.1. The predicted octanol–water partition coefficient (Wildman–Crippen LogP) is 3.18. The fourth-order valence-corrected chi connectivity index (χ4v) is 3.20. The number of fused-ring (bicyclic) bond motifs is 2. The molecule has 1 amide bonds. The first kappa shape index (κ1) is 17.0. The van der Waals surface area contributed by atoms with Gasteiger partial charge in [0, 0.05) is 18.4 Å². The van der Waals surface area contributed by atoms with Crippen molar-refractivity contribution in [2.24, 2.45) is 4.99 Å². The summed E-state index contributed by atoms with van der Waals surface area (Å²) in [5.41, 5.74) is 0.752. The lowest BCUT2D eigenvalue weighted by molar-refractivity contribution is -0.117. The fraction of sp³-hybridized carbons (Fsp3) is 0.150. The van der Waals surface area contributed by atoms with E-state index in [9.17, 15) is 19.1 Å². The molecular weight excluding hydrogens is 351 g/mol. The van der Waals surface area contributed by atoms with Crippen molar-refractivity contribution in [2.75, 3.05) is 11.9 Å². The molecule has 3 aromatic rings. The van der Waals surface area contributed by atoms with Crippen LogP contribution in [-0.2, 0) is 4.79 Å². The molecule has 0 saturated carbocycles. The largest absolute Gasteiger partial charge is 0.506 e. The molecule has 0 radical (unpaired) electrons. The molecule has 6 nitrogen and oxygen atoms in total. The first-order valence-electron chi connectivity index (χ1n) is 8.39. The molecule has 1 aliphatic rings. The maximum absolute atomic E-state index is 13.4. The number of amides is 1. The molecule has 1 aliphatic heterocycles. The number of hydrogen-bond donors (Lipinski definition) is 2. The van der Waals surface area contributed by atoms with Crippen LogP contribution in [-0.4, -0.2) is 23.8 Å². The number of para-hydroxylation sites is 1. The highest BCUT2D eigenvalue weighted by atomic mass is 19.1. The van der Waals surface area contributed by atoms with Gasteiger partial charge in [-0.3, -0.25) is 9.79 Å². The number of benzene rings is 2. The van der Waals surface area contributed by atoms with E-state index >= 15 is 0 Å². The maximum atomic E-state index is 13.4. The summed E-state index contributed by atoms with van der Waals surface area (Å²) in [6, 6.07) is 10.8. The summed E-state index contributed by atoms with van der Waals surface area (Å²) in [5.74, 6) is -1.32. The van der Waals surface area contributed by atoms with Crippen LogP contribution in [0, 0.1) is 5.82 Å². The number of carbonyl (C=O) groups is 1.